The van der Waals surface area contributed by atoms with Gasteiger partial charge in [-0.2, -0.15) is 0 Å². The van der Waals surface area contributed by atoms with E-state index < -0.39 is 0 Å². The molecule has 2 heteroatoms. The van der Waals surface area contributed by atoms with Crippen LogP contribution in [0.2, 0.25) is 0 Å². The van der Waals surface area contributed by atoms with Gasteiger partial charge in [0.05, 0.1) is 7.11 Å². The first-order chi connectivity index (χ1) is 11.3. The van der Waals surface area contributed by atoms with Gasteiger partial charge in [-0.05, 0) is 53.7 Å². The second-order valence-corrected chi connectivity index (χ2v) is 6.95. The van der Waals surface area contributed by atoms with Crippen LogP contribution in [0.25, 0.3) is 5.57 Å². The number of fused-ring (bicyclic) bond motifs is 6. The van der Waals surface area contributed by atoms with E-state index in [1.54, 1.807) is 12.7 Å². The monoisotopic (exact) mass is 303 g/mol. The molecule has 0 aromatic heterocycles. The van der Waals surface area contributed by atoms with E-state index in [1.165, 1.54) is 41.5 Å². The van der Waals surface area contributed by atoms with Crippen molar-refractivity contribution in [3.63, 3.8) is 0 Å². The largest absolute Gasteiger partial charge is 0.497 e. The highest BCUT2D eigenvalue weighted by molar-refractivity contribution is 5.89. The quantitative estimate of drug-likeness (QED) is 0.901. The second kappa shape index (κ2) is 4.97. The normalized spacial score (nSPS) is 27.8. The van der Waals surface area contributed by atoms with E-state index in [0.717, 1.165) is 5.75 Å². The van der Waals surface area contributed by atoms with Crippen molar-refractivity contribution in [1.82, 2.24) is 5.32 Å². The molecule has 2 aromatic carbocycles. The Kier molecular flexibility index (Phi) is 2.89. The van der Waals surface area contributed by atoms with Gasteiger partial charge in [0, 0.05) is 18.0 Å². The summed E-state index contributed by atoms with van der Waals surface area (Å²) in [5, 5.41) is 3.84. The molecule has 23 heavy (non-hydrogen) atoms. The maximum atomic E-state index is 5.33. The zero-order valence-electron chi connectivity index (χ0n) is 13.4. The Morgan fingerprint density at radius 2 is 1.83 bits per heavy atom. The fourth-order valence-electron chi connectivity index (χ4n) is 4.84. The summed E-state index contributed by atoms with van der Waals surface area (Å²) in [4.78, 5) is 0. The molecule has 2 aliphatic heterocycles. The van der Waals surface area contributed by atoms with Gasteiger partial charge < -0.3 is 10.1 Å². The second-order valence-electron chi connectivity index (χ2n) is 6.95. The lowest BCUT2D eigenvalue weighted by Gasteiger charge is -2.31. The van der Waals surface area contributed by atoms with Crippen LogP contribution in [0.15, 0.2) is 54.1 Å². The zero-order chi connectivity index (χ0) is 15.4. The third kappa shape index (κ3) is 1.91. The van der Waals surface area contributed by atoms with Gasteiger partial charge in [-0.3, -0.25) is 0 Å². The number of benzene rings is 2. The molecule has 5 rings (SSSR count). The fraction of sp³-hybridized carbons (Fsp3) is 0.333. The Balaban J connectivity index is 1.70. The van der Waals surface area contributed by atoms with Crippen LogP contribution in [-0.4, -0.2) is 19.2 Å². The number of ether oxygens (including phenoxy) is 1. The predicted molar refractivity (Wildman–Crippen MR) is 92.8 cm³/mol. The summed E-state index contributed by atoms with van der Waals surface area (Å²) < 4.78 is 5.33. The van der Waals surface area contributed by atoms with Crippen molar-refractivity contribution in [2.45, 2.75) is 37.3 Å². The summed E-state index contributed by atoms with van der Waals surface area (Å²) in [6.45, 7) is 0. The molecule has 2 heterocycles. The molecule has 0 spiro atoms. The molecule has 2 bridgehead atoms. The van der Waals surface area contributed by atoms with E-state index in [0.29, 0.717) is 18.0 Å². The van der Waals surface area contributed by atoms with Gasteiger partial charge >= 0.3 is 0 Å². The van der Waals surface area contributed by atoms with Crippen LogP contribution in [-0.2, 0) is 0 Å². The highest BCUT2D eigenvalue weighted by Gasteiger charge is 2.44. The number of rotatable bonds is 2. The molecule has 2 saturated heterocycles. The number of hydrogen-bond donors (Lipinski definition) is 1. The number of piperidine rings is 1. The minimum Gasteiger partial charge on any atom is -0.497 e. The molecule has 0 saturated carbocycles. The molecule has 3 aliphatic rings. The first kappa shape index (κ1) is 13.4. The van der Waals surface area contributed by atoms with Gasteiger partial charge in [0.25, 0.3) is 0 Å². The highest BCUT2D eigenvalue weighted by Crippen LogP contribution is 2.52. The molecule has 116 valence electrons. The molecule has 2 aromatic rings. The van der Waals surface area contributed by atoms with E-state index in [9.17, 15) is 0 Å². The third-order valence-corrected chi connectivity index (χ3v) is 5.79. The van der Waals surface area contributed by atoms with Crippen LogP contribution in [0, 0.1) is 0 Å². The average Bonchev–Trinajstić information content (AvgIpc) is 3.14. The van der Waals surface area contributed by atoms with Crippen molar-refractivity contribution in [3.8, 4) is 5.75 Å². The van der Waals surface area contributed by atoms with E-state index in [1.807, 2.05) is 0 Å². The van der Waals surface area contributed by atoms with Crippen molar-refractivity contribution in [3.05, 3.63) is 70.8 Å². The Morgan fingerprint density at radius 1 is 1.00 bits per heavy atom. The molecule has 0 radical (unpaired) electrons. The molecule has 3 unspecified atom stereocenters. The molecule has 3 atom stereocenters. The van der Waals surface area contributed by atoms with E-state index in [2.05, 4.69) is 53.8 Å². The van der Waals surface area contributed by atoms with Crippen LogP contribution in [0.1, 0.15) is 41.9 Å². The van der Waals surface area contributed by atoms with Crippen LogP contribution in [0.4, 0.5) is 0 Å². The Hall–Kier alpha value is -2.06. The topological polar surface area (TPSA) is 21.3 Å². The molecule has 2 nitrogen and oxygen atoms in total. The van der Waals surface area contributed by atoms with Crippen LogP contribution in [0.3, 0.4) is 0 Å². The summed E-state index contributed by atoms with van der Waals surface area (Å²) >= 11 is 0. The van der Waals surface area contributed by atoms with Gasteiger partial charge in [-0.25, -0.2) is 0 Å². The van der Waals surface area contributed by atoms with E-state index >= 15 is 0 Å². The minimum atomic E-state index is 0.571. The Labute approximate surface area is 137 Å². The summed E-state index contributed by atoms with van der Waals surface area (Å²) in [6.07, 6.45) is 3.82. The maximum absolute atomic E-state index is 5.33. The first-order valence-corrected chi connectivity index (χ1v) is 8.58. The molecule has 0 amide bonds. The smallest absolute Gasteiger partial charge is 0.118 e. The van der Waals surface area contributed by atoms with Gasteiger partial charge in [0.15, 0.2) is 0 Å². The number of methoxy groups -OCH3 is 1. The molecule has 1 aliphatic carbocycles. The Morgan fingerprint density at radius 3 is 2.65 bits per heavy atom. The minimum absolute atomic E-state index is 0.571. The van der Waals surface area contributed by atoms with Crippen molar-refractivity contribution < 1.29 is 4.74 Å². The predicted octanol–water partition coefficient (Wildman–Crippen LogP) is 4.12. The van der Waals surface area contributed by atoms with Crippen LogP contribution < -0.4 is 10.1 Å². The van der Waals surface area contributed by atoms with Crippen LogP contribution >= 0.6 is 0 Å². The van der Waals surface area contributed by atoms with Gasteiger partial charge in [0.1, 0.15) is 5.75 Å². The van der Waals surface area contributed by atoms with Crippen molar-refractivity contribution in [2.75, 3.05) is 7.11 Å². The van der Waals surface area contributed by atoms with Gasteiger partial charge in [0.2, 0.25) is 0 Å². The van der Waals surface area contributed by atoms with E-state index in [-0.39, 0.29) is 0 Å². The lowest BCUT2D eigenvalue weighted by molar-refractivity contribution is 0.415. The van der Waals surface area contributed by atoms with Crippen LogP contribution in [0.5, 0.6) is 5.75 Å². The molecular formula is C21H21NO. The molecule has 1 N–H and O–H groups in total. The maximum Gasteiger partial charge on any atom is 0.118 e. The highest BCUT2D eigenvalue weighted by atomic mass is 16.5. The lowest BCUT2D eigenvalue weighted by atomic mass is 9.84. The summed E-state index contributed by atoms with van der Waals surface area (Å²) in [7, 11) is 1.72. The summed E-state index contributed by atoms with van der Waals surface area (Å²) in [6, 6.07) is 18.9. The average molecular weight is 303 g/mol. The summed E-state index contributed by atoms with van der Waals surface area (Å²) in [5.74, 6) is 1.50. The third-order valence-electron chi connectivity index (χ3n) is 5.79. The fourth-order valence-corrected chi connectivity index (χ4v) is 4.84. The zero-order valence-corrected chi connectivity index (χ0v) is 13.4. The SMILES string of the molecule is COc1ccc(C2=C3CC4CCC(N4)C3c3ccccc32)cc1. The van der Waals surface area contributed by atoms with Crippen molar-refractivity contribution >= 4 is 5.57 Å². The van der Waals surface area contributed by atoms with Gasteiger partial charge in [-0.1, -0.05) is 42.0 Å². The molecular weight excluding hydrogens is 282 g/mol. The van der Waals surface area contributed by atoms with Crippen molar-refractivity contribution in [2.24, 2.45) is 0 Å². The summed E-state index contributed by atoms with van der Waals surface area (Å²) in [5.41, 5.74) is 7.42. The number of hydrogen-bond acceptors (Lipinski definition) is 2. The number of nitrogens with one attached hydrogen (secondary N) is 1. The molecule has 2 fully saturated rings. The standard InChI is InChI=1S/C21H21NO/c1-23-15-9-6-13(7-10-15)20-16-4-2-3-5-17(16)21-18(20)12-14-8-11-19(21)22-14/h2-7,9-10,14,19,21-22H,8,11-12H2,1H3. The van der Waals surface area contributed by atoms with Gasteiger partial charge in [-0.15, -0.1) is 0 Å². The van der Waals surface area contributed by atoms with E-state index in [4.69, 9.17) is 4.74 Å². The van der Waals surface area contributed by atoms with Crippen molar-refractivity contribution in [1.29, 1.82) is 0 Å². The Bertz CT molecular complexity index is 790. The lowest BCUT2D eigenvalue weighted by Crippen LogP contribution is -2.39. The first-order valence-electron chi connectivity index (χ1n) is 8.58.